The quantitative estimate of drug-likeness (QED) is 0.524. The molecule has 4 nitrogen and oxygen atoms in total. The molecule has 27 heavy (non-hydrogen) atoms. The van der Waals surface area contributed by atoms with Gasteiger partial charge in [0.2, 0.25) is 0 Å². The van der Waals surface area contributed by atoms with Gasteiger partial charge in [-0.25, -0.2) is 4.79 Å². The zero-order chi connectivity index (χ0) is 19.1. The Kier molecular flexibility index (Phi) is 6.85. The fraction of sp³-hybridized carbons (Fsp3) is 0.143. The molecular weight excluding hydrogens is 426 g/mol. The lowest BCUT2D eigenvalue weighted by Crippen LogP contribution is -2.36. The second kappa shape index (κ2) is 9.53. The van der Waals surface area contributed by atoms with Gasteiger partial charge in [0, 0.05) is 46.6 Å². The average molecular weight is 445 g/mol. The van der Waals surface area contributed by atoms with Crippen molar-refractivity contribution in [1.29, 1.82) is 0 Å². The first kappa shape index (κ1) is 19.4. The number of carbonyl (C=O) groups is 1. The monoisotopic (exact) mass is 443 g/mol. The van der Waals surface area contributed by atoms with E-state index in [2.05, 4.69) is 26.2 Å². The van der Waals surface area contributed by atoms with Crippen molar-refractivity contribution in [2.75, 3.05) is 11.9 Å². The molecule has 0 aliphatic rings. The smallest absolute Gasteiger partial charge is 0.320 e. The number of anilines is 1. The van der Waals surface area contributed by atoms with Gasteiger partial charge in [0.25, 0.3) is 0 Å². The van der Waals surface area contributed by atoms with E-state index in [4.69, 9.17) is 11.6 Å². The number of rotatable bonds is 6. The molecule has 0 atom stereocenters. The summed E-state index contributed by atoms with van der Waals surface area (Å²) < 4.78 is 0.962. The Bertz CT molecular complexity index is 887. The third-order valence-corrected chi connectivity index (χ3v) is 4.96. The molecule has 0 radical (unpaired) electrons. The highest BCUT2D eigenvalue weighted by atomic mass is 79.9. The minimum atomic E-state index is -0.173. The van der Waals surface area contributed by atoms with E-state index < -0.39 is 0 Å². The maximum Gasteiger partial charge on any atom is 0.322 e. The predicted octanol–water partition coefficient (Wildman–Crippen LogP) is 5.77. The number of nitrogens with one attached hydrogen (secondary N) is 1. The largest absolute Gasteiger partial charge is 0.322 e. The number of benzene rings is 2. The van der Waals surface area contributed by atoms with Crippen LogP contribution in [-0.4, -0.2) is 22.5 Å². The first-order chi connectivity index (χ1) is 13.1. The van der Waals surface area contributed by atoms with Crippen LogP contribution in [0.15, 0.2) is 77.4 Å². The van der Waals surface area contributed by atoms with Gasteiger partial charge in [-0.3, -0.25) is 4.98 Å². The van der Waals surface area contributed by atoms with Crippen molar-refractivity contribution in [2.24, 2.45) is 0 Å². The van der Waals surface area contributed by atoms with Crippen LogP contribution in [-0.2, 0) is 13.0 Å². The summed E-state index contributed by atoms with van der Waals surface area (Å²) in [5, 5.41) is 3.60. The summed E-state index contributed by atoms with van der Waals surface area (Å²) in [7, 11) is 0. The standard InChI is InChI=1S/C21H19BrClN3O/c22-17-8-10-19(11-9-17)25-21(27)26(14-12-18-6-3-4-13-24-18)15-16-5-1-2-7-20(16)23/h1-11,13H,12,14-15H2,(H,25,27). The number of nitrogens with zero attached hydrogens (tertiary/aromatic N) is 2. The lowest BCUT2D eigenvalue weighted by atomic mass is 10.2. The second-order valence-electron chi connectivity index (χ2n) is 6.02. The summed E-state index contributed by atoms with van der Waals surface area (Å²) >= 11 is 9.69. The number of urea groups is 1. The maximum atomic E-state index is 12.9. The first-order valence-corrected chi connectivity index (χ1v) is 9.74. The molecule has 0 fully saturated rings. The van der Waals surface area contributed by atoms with Crippen LogP contribution in [0.2, 0.25) is 5.02 Å². The van der Waals surface area contributed by atoms with Gasteiger partial charge in [0.15, 0.2) is 0 Å². The molecule has 1 aromatic heterocycles. The van der Waals surface area contributed by atoms with E-state index in [9.17, 15) is 4.79 Å². The molecule has 138 valence electrons. The third kappa shape index (κ3) is 5.81. The highest BCUT2D eigenvalue weighted by Crippen LogP contribution is 2.19. The summed E-state index contributed by atoms with van der Waals surface area (Å²) in [5.74, 6) is 0. The zero-order valence-corrected chi connectivity index (χ0v) is 17.0. The van der Waals surface area contributed by atoms with Crippen molar-refractivity contribution in [3.8, 4) is 0 Å². The minimum absolute atomic E-state index is 0.173. The number of carbonyl (C=O) groups excluding carboxylic acids is 1. The second-order valence-corrected chi connectivity index (χ2v) is 7.34. The number of hydrogen-bond acceptors (Lipinski definition) is 2. The number of amides is 2. The van der Waals surface area contributed by atoms with Crippen LogP contribution in [0, 0.1) is 0 Å². The Balaban J connectivity index is 1.74. The van der Waals surface area contributed by atoms with Gasteiger partial charge in [-0.05, 0) is 48.0 Å². The van der Waals surface area contributed by atoms with Crippen molar-refractivity contribution < 1.29 is 4.79 Å². The predicted molar refractivity (Wildman–Crippen MR) is 113 cm³/mol. The lowest BCUT2D eigenvalue weighted by molar-refractivity contribution is 0.209. The minimum Gasteiger partial charge on any atom is -0.320 e. The van der Waals surface area contributed by atoms with Crippen LogP contribution in [0.5, 0.6) is 0 Å². The molecular formula is C21H19BrClN3O. The molecule has 1 heterocycles. The Hall–Kier alpha value is -2.37. The van der Waals surface area contributed by atoms with Gasteiger partial charge < -0.3 is 10.2 Å². The molecule has 0 saturated carbocycles. The highest BCUT2D eigenvalue weighted by molar-refractivity contribution is 9.10. The summed E-state index contributed by atoms with van der Waals surface area (Å²) in [5.41, 5.74) is 2.59. The molecule has 3 rings (SSSR count). The third-order valence-electron chi connectivity index (χ3n) is 4.07. The molecule has 6 heteroatoms. The highest BCUT2D eigenvalue weighted by Gasteiger charge is 2.16. The van der Waals surface area contributed by atoms with Crippen LogP contribution in [0.3, 0.4) is 0 Å². The average Bonchev–Trinajstić information content (AvgIpc) is 2.69. The van der Waals surface area contributed by atoms with E-state index in [0.717, 1.165) is 21.4 Å². The van der Waals surface area contributed by atoms with Gasteiger partial charge in [0.05, 0.1) is 0 Å². The van der Waals surface area contributed by atoms with Gasteiger partial charge in [-0.2, -0.15) is 0 Å². The van der Waals surface area contributed by atoms with Gasteiger partial charge in [-0.15, -0.1) is 0 Å². The molecule has 2 amide bonds. The lowest BCUT2D eigenvalue weighted by Gasteiger charge is -2.24. The normalized spacial score (nSPS) is 10.4. The number of halogens is 2. The Morgan fingerprint density at radius 2 is 1.78 bits per heavy atom. The van der Waals surface area contributed by atoms with Crippen LogP contribution < -0.4 is 5.32 Å². The molecule has 0 spiro atoms. The zero-order valence-electron chi connectivity index (χ0n) is 14.6. The van der Waals surface area contributed by atoms with Crippen LogP contribution in [0.4, 0.5) is 10.5 Å². The molecule has 3 aromatic rings. The first-order valence-electron chi connectivity index (χ1n) is 8.56. The van der Waals surface area contributed by atoms with Crippen molar-refractivity contribution in [1.82, 2.24) is 9.88 Å². The number of aromatic nitrogens is 1. The molecule has 1 N–H and O–H groups in total. The van der Waals surface area contributed by atoms with E-state index in [-0.39, 0.29) is 6.03 Å². The van der Waals surface area contributed by atoms with Gasteiger partial charge >= 0.3 is 6.03 Å². The molecule has 0 aliphatic carbocycles. The SMILES string of the molecule is O=C(Nc1ccc(Br)cc1)N(CCc1ccccn1)Cc1ccccc1Cl. The number of hydrogen-bond donors (Lipinski definition) is 1. The van der Waals surface area contributed by atoms with E-state index in [1.54, 1.807) is 11.1 Å². The summed E-state index contributed by atoms with van der Waals surface area (Å²) in [6, 6.07) is 20.7. The molecule has 0 unspecified atom stereocenters. The van der Waals surface area contributed by atoms with E-state index in [0.29, 0.717) is 24.5 Å². The van der Waals surface area contributed by atoms with Crippen molar-refractivity contribution >= 4 is 39.2 Å². The summed E-state index contributed by atoms with van der Waals surface area (Å²) in [6.45, 7) is 0.958. The van der Waals surface area contributed by atoms with Crippen LogP contribution in [0.25, 0.3) is 0 Å². The summed E-state index contributed by atoms with van der Waals surface area (Å²) in [4.78, 5) is 19.0. The maximum absolute atomic E-state index is 12.9. The number of pyridine rings is 1. The Labute approximate surface area is 172 Å². The molecule has 0 saturated heterocycles. The Morgan fingerprint density at radius 3 is 2.48 bits per heavy atom. The molecule has 0 bridgehead atoms. The van der Waals surface area contributed by atoms with E-state index in [1.165, 1.54) is 0 Å². The van der Waals surface area contributed by atoms with Gasteiger partial charge in [0.1, 0.15) is 0 Å². The van der Waals surface area contributed by atoms with Crippen molar-refractivity contribution in [2.45, 2.75) is 13.0 Å². The fourth-order valence-corrected chi connectivity index (χ4v) is 3.08. The fourth-order valence-electron chi connectivity index (χ4n) is 2.62. The summed E-state index contributed by atoms with van der Waals surface area (Å²) in [6.07, 6.45) is 2.43. The molecule has 2 aromatic carbocycles. The molecule has 0 aliphatic heterocycles. The van der Waals surface area contributed by atoms with E-state index in [1.807, 2.05) is 66.7 Å². The van der Waals surface area contributed by atoms with Gasteiger partial charge in [-0.1, -0.05) is 51.8 Å². The van der Waals surface area contributed by atoms with Crippen molar-refractivity contribution in [3.63, 3.8) is 0 Å². The van der Waals surface area contributed by atoms with Crippen LogP contribution in [0.1, 0.15) is 11.3 Å². The Morgan fingerprint density at radius 1 is 1.04 bits per heavy atom. The van der Waals surface area contributed by atoms with Crippen LogP contribution >= 0.6 is 27.5 Å². The van der Waals surface area contributed by atoms with E-state index >= 15 is 0 Å². The topological polar surface area (TPSA) is 45.2 Å². The van der Waals surface area contributed by atoms with Crippen molar-refractivity contribution in [3.05, 3.63) is 93.7 Å².